The molecule has 1 heterocycles. The van der Waals surface area contributed by atoms with Crippen LogP contribution in [0.5, 0.6) is 0 Å². The zero-order chi connectivity index (χ0) is 10.1. The van der Waals surface area contributed by atoms with Gasteiger partial charge in [0.1, 0.15) is 11.6 Å². The van der Waals surface area contributed by atoms with E-state index in [-0.39, 0.29) is 11.1 Å². The van der Waals surface area contributed by atoms with Gasteiger partial charge in [-0.2, -0.15) is 0 Å². The zero-order valence-corrected chi connectivity index (χ0v) is 8.24. The van der Waals surface area contributed by atoms with Gasteiger partial charge in [0.05, 0.1) is 5.02 Å². The molecule has 2 rings (SSSR count). The maximum atomic E-state index is 13.3. The van der Waals surface area contributed by atoms with Crippen molar-refractivity contribution in [2.24, 2.45) is 0 Å². The smallest absolute Gasteiger partial charge is 0.144 e. The Kier molecular flexibility index (Phi) is 2.70. The molecule has 0 spiro atoms. The summed E-state index contributed by atoms with van der Waals surface area (Å²) in [6.45, 7) is 0.874. The molecule has 4 heteroatoms. The molecule has 1 nitrogen and oxygen atoms in total. The van der Waals surface area contributed by atoms with Gasteiger partial charge in [0.2, 0.25) is 0 Å². The largest absolute Gasteiger partial charge is 0.310 e. The lowest BCUT2D eigenvalue weighted by Crippen LogP contribution is -2.14. The Bertz CT molecular complexity index is 348. The van der Waals surface area contributed by atoms with Crippen LogP contribution in [0.1, 0.15) is 24.4 Å². The van der Waals surface area contributed by atoms with E-state index in [1.807, 2.05) is 0 Å². The Balaban J connectivity index is 2.37. The second-order valence-corrected chi connectivity index (χ2v) is 3.84. The van der Waals surface area contributed by atoms with Crippen LogP contribution in [0.2, 0.25) is 5.02 Å². The van der Waals surface area contributed by atoms with Crippen molar-refractivity contribution < 1.29 is 8.78 Å². The third kappa shape index (κ3) is 1.74. The van der Waals surface area contributed by atoms with E-state index in [2.05, 4.69) is 5.32 Å². The monoisotopic (exact) mass is 217 g/mol. The molecule has 0 radical (unpaired) electrons. The Morgan fingerprint density at radius 3 is 2.71 bits per heavy atom. The quantitative estimate of drug-likeness (QED) is 0.713. The molecule has 1 aromatic carbocycles. The van der Waals surface area contributed by atoms with Crippen LogP contribution in [0.4, 0.5) is 8.78 Å². The van der Waals surface area contributed by atoms with Crippen molar-refractivity contribution in [2.75, 3.05) is 6.54 Å². The molecule has 1 N–H and O–H groups in total. The first kappa shape index (κ1) is 9.87. The maximum absolute atomic E-state index is 13.3. The minimum absolute atomic E-state index is 0.0184. The summed E-state index contributed by atoms with van der Waals surface area (Å²) in [4.78, 5) is 0. The third-order valence-corrected chi connectivity index (χ3v) is 2.76. The lowest BCUT2D eigenvalue weighted by molar-refractivity contribution is 0.540. The van der Waals surface area contributed by atoms with Crippen molar-refractivity contribution in [1.29, 1.82) is 0 Å². The molecule has 0 saturated carbocycles. The zero-order valence-electron chi connectivity index (χ0n) is 7.49. The molecule has 1 aliphatic rings. The summed E-state index contributed by atoms with van der Waals surface area (Å²) >= 11 is 5.59. The second-order valence-electron chi connectivity index (χ2n) is 3.44. The van der Waals surface area contributed by atoms with Crippen molar-refractivity contribution in [3.63, 3.8) is 0 Å². The molecular weight excluding hydrogens is 208 g/mol. The summed E-state index contributed by atoms with van der Waals surface area (Å²) in [6.07, 6.45) is 1.89. The van der Waals surface area contributed by atoms with Crippen molar-refractivity contribution >= 4 is 11.6 Å². The molecule has 0 amide bonds. The fourth-order valence-corrected chi connectivity index (χ4v) is 1.93. The number of benzene rings is 1. The molecule has 1 aromatic rings. The minimum atomic E-state index is -0.703. The average Bonchev–Trinajstić information content (AvgIpc) is 2.64. The van der Waals surface area contributed by atoms with E-state index in [1.165, 1.54) is 6.07 Å². The van der Waals surface area contributed by atoms with E-state index in [4.69, 9.17) is 11.6 Å². The van der Waals surface area contributed by atoms with Crippen LogP contribution in [-0.4, -0.2) is 6.54 Å². The van der Waals surface area contributed by atoms with Crippen molar-refractivity contribution in [3.8, 4) is 0 Å². The SMILES string of the molecule is Fc1cc(F)c([C@@H]2CCCN2)cc1Cl. The van der Waals surface area contributed by atoms with Gasteiger partial charge in [-0.05, 0) is 25.5 Å². The highest BCUT2D eigenvalue weighted by Gasteiger charge is 2.20. The lowest BCUT2D eigenvalue weighted by Gasteiger charge is -2.12. The number of nitrogens with one attached hydrogen (secondary N) is 1. The van der Waals surface area contributed by atoms with E-state index in [9.17, 15) is 8.78 Å². The minimum Gasteiger partial charge on any atom is -0.310 e. The van der Waals surface area contributed by atoms with Crippen LogP contribution in [0.15, 0.2) is 12.1 Å². The van der Waals surface area contributed by atoms with Crippen LogP contribution >= 0.6 is 11.6 Å². The van der Waals surface area contributed by atoms with Gasteiger partial charge in [0.15, 0.2) is 0 Å². The summed E-state index contributed by atoms with van der Waals surface area (Å²) in [5.41, 5.74) is 0.467. The molecule has 1 fully saturated rings. The fraction of sp³-hybridized carbons (Fsp3) is 0.400. The first-order chi connectivity index (χ1) is 6.68. The second kappa shape index (κ2) is 3.83. The summed E-state index contributed by atoms with van der Waals surface area (Å²) in [6, 6.07) is 2.19. The van der Waals surface area contributed by atoms with Crippen LogP contribution in [0.3, 0.4) is 0 Å². The van der Waals surface area contributed by atoms with Crippen molar-refractivity contribution in [3.05, 3.63) is 34.4 Å². The molecule has 0 aromatic heterocycles. The van der Waals surface area contributed by atoms with Gasteiger partial charge in [-0.15, -0.1) is 0 Å². The molecule has 1 saturated heterocycles. The molecular formula is C10H10ClF2N. The molecule has 1 aliphatic heterocycles. The van der Waals surface area contributed by atoms with Gasteiger partial charge in [-0.3, -0.25) is 0 Å². The van der Waals surface area contributed by atoms with Gasteiger partial charge in [-0.1, -0.05) is 11.6 Å². The van der Waals surface area contributed by atoms with Crippen LogP contribution in [-0.2, 0) is 0 Å². The Morgan fingerprint density at radius 1 is 1.29 bits per heavy atom. The first-order valence-corrected chi connectivity index (χ1v) is 4.94. The van der Waals surface area contributed by atoms with Crippen LogP contribution < -0.4 is 5.32 Å². The fourth-order valence-electron chi connectivity index (χ4n) is 1.75. The highest BCUT2D eigenvalue weighted by molar-refractivity contribution is 6.30. The Labute approximate surface area is 86.1 Å². The Hall–Kier alpha value is -0.670. The lowest BCUT2D eigenvalue weighted by atomic mass is 10.0. The first-order valence-electron chi connectivity index (χ1n) is 4.56. The molecule has 0 bridgehead atoms. The predicted molar refractivity (Wildman–Crippen MR) is 51.3 cm³/mol. The number of hydrogen-bond acceptors (Lipinski definition) is 1. The number of hydrogen-bond donors (Lipinski definition) is 1. The standard InChI is InChI=1S/C10H10ClF2N/c11-7-4-6(8(12)5-9(7)13)10-2-1-3-14-10/h4-5,10,14H,1-3H2/t10-/m0/s1. The topological polar surface area (TPSA) is 12.0 Å². The van der Waals surface area contributed by atoms with Crippen molar-refractivity contribution in [1.82, 2.24) is 5.32 Å². The molecule has 1 atom stereocenters. The van der Waals surface area contributed by atoms with Gasteiger partial charge < -0.3 is 5.32 Å². The molecule has 14 heavy (non-hydrogen) atoms. The number of halogens is 3. The highest BCUT2D eigenvalue weighted by Crippen LogP contribution is 2.28. The number of rotatable bonds is 1. The van der Waals surface area contributed by atoms with E-state index in [0.717, 1.165) is 25.5 Å². The Morgan fingerprint density at radius 2 is 2.07 bits per heavy atom. The highest BCUT2D eigenvalue weighted by atomic mass is 35.5. The maximum Gasteiger partial charge on any atom is 0.144 e. The normalized spacial score (nSPS) is 21.5. The van der Waals surface area contributed by atoms with Crippen LogP contribution in [0, 0.1) is 11.6 Å². The van der Waals surface area contributed by atoms with E-state index in [0.29, 0.717) is 5.56 Å². The molecule has 0 unspecified atom stereocenters. The summed E-state index contributed by atoms with van der Waals surface area (Å²) in [5, 5.41) is 3.12. The van der Waals surface area contributed by atoms with E-state index >= 15 is 0 Å². The van der Waals surface area contributed by atoms with Gasteiger partial charge >= 0.3 is 0 Å². The van der Waals surface area contributed by atoms with Crippen LogP contribution in [0.25, 0.3) is 0 Å². The summed E-state index contributed by atoms with van der Waals surface area (Å²) in [7, 11) is 0. The molecule has 0 aliphatic carbocycles. The third-order valence-electron chi connectivity index (χ3n) is 2.48. The summed E-state index contributed by atoms with van der Waals surface area (Å²) in [5.74, 6) is -1.22. The molecule has 76 valence electrons. The summed E-state index contributed by atoms with van der Waals surface area (Å²) < 4.78 is 26.2. The predicted octanol–water partition coefficient (Wildman–Crippen LogP) is 3.04. The van der Waals surface area contributed by atoms with Gasteiger partial charge in [0, 0.05) is 17.7 Å². The van der Waals surface area contributed by atoms with Gasteiger partial charge in [0.25, 0.3) is 0 Å². The average molecular weight is 218 g/mol. The van der Waals surface area contributed by atoms with Crippen molar-refractivity contribution in [2.45, 2.75) is 18.9 Å². The van der Waals surface area contributed by atoms with E-state index in [1.54, 1.807) is 0 Å². The van der Waals surface area contributed by atoms with E-state index < -0.39 is 11.6 Å². The van der Waals surface area contributed by atoms with Gasteiger partial charge in [-0.25, -0.2) is 8.78 Å².